The second-order valence-electron chi connectivity index (χ2n) is 10.4. The van der Waals surface area contributed by atoms with Crippen molar-refractivity contribution >= 4 is 114 Å². The van der Waals surface area contributed by atoms with Crippen LogP contribution in [0.4, 0.5) is 0 Å². The first-order chi connectivity index (χ1) is 24.9. The fourth-order valence-electron chi connectivity index (χ4n) is 4.16. The molecule has 0 aliphatic carbocycles. The van der Waals surface area contributed by atoms with Gasteiger partial charge < -0.3 is 18.6 Å². The van der Waals surface area contributed by atoms with Gasteiger partial charge in [0.15, 0.2) is 11.6 Å². The molecule has 0 radical (unpaired) electrons. The molecule has 0 saturated carbocycles. The van der Waals surface area contributed by atoms with E-state index in [-0.39, 0.29) is 23.4 Å². The molecule has 0 N–H and O–H groups in total. The molecule has 0 unspecified atom stereocenters. The number of imidazole rings is 2. The van der Waals surface area contributed by atoms with Crippen LogP contribution in [-0.2, 0) is 13.1 Å². The van der Waals surface area contributed by atoms with E-state index < -0.39 is 0 Å². The van der Waals surface area contributed by atoms with Gasteiger partial charge in [0, 0.05) is 44.9 Å². The molecular weight excluding hydrogens is 1030 g/mol. The average Bonchev–Trinajstić information content (AvgIpc) is 3.73. The van der Waals surface area contributed by atoms with E-state index in [1.807, 2.05) is 65.4 Å². The molecule has 15 heteroatoms. The highest BCUT2D eigenvalue weighted by Crippen LogP contribution is 2.30. The molecule has 52 heavy (non-hydrogen) atoms. The Morgan fingerprint density at radius 3 is 1.63 bits per heavy atom. The molecule has 268 valence electrons. The number of ketones is 2. The third-order valence-corrected chi connectivity index (χ3v) is 9.88. The number of allylic oxidation sites excluding steroid dienone is 1. The van der Waals surface area contributed by atoms with Gasteiger partial charge in [-0.05, 0) is 105 Å². The average molecular weight is 1060 g/mol. The molecule has 0 fully saturated rings. The molecule has 2 heterocycles. The van der Waals surface area contributed by atoms with Gasteiger partial charge in [-0.25, -0.2) is 9.97 Å². The standard InChI is InChI=1S/C17H11Br2ClN2O2.C14H9Br2ClO2.C6H7BrN2/c18-11-1-3-12(4-2-11)24-13-5-6-14(15(20)7-13)16(23)9-22-10-21-8-17(22)19;15-8-14(18)12-6-5-11(7-13(12)17)19-10-3-1-9(16)2-4-10;1-2-3-9-4-6(7)8-5-9/h1-8,10H,9H2;1-7H,8H2;2,4-5H,1,3H2. The van der Waals surface area contributed by atoms with Crippen LogP contribution in [0.25, 0.3) is 0 Å². The summed E-state index contributed by atoms with van der Waals surface area (Å²) in [6, 6.07) is 25.0. The van der Waals surface area contributed by atoms with Crippen LogP contribution in [0.5, 0.6) is 23.0 Å². The molecule has 0 bridgehead atoms. The van der Waals surface area contributed by atoms with Crippen molar-refractivity contribution in [3.05, 3.63) is 162 Å². The Morgan fingerprint density at radius 2 is 1.23 bits per heavy atom. The molecule has 6 aromatic rings. The van der Waals surface area contributed by atoms with E-state index in [9.17, 15) is 9.59 Å². The molecular formula is C37H27Br5Cl2N4O4. The van der Waals surface area contributed by atoms with Gasteiger partial charge in [0.05, 0.1) is 40.8 Å². The number of alkyl halides is 1. The predicted molar refractivity (Wildman–Crippen MR) is 224 cm³/mol. The molecule has 4 aromatic carbocycles. The number of aromatic nitrogens is 4. The van der Waals surface area contributed by atoms with Gasteiger partial charge in [-0.15, -0.1) is 6.58 Å². The van der Waals surface area contributed by atoms with Crippen LogP contribution in [0.2, 0.25) is 10.0 Å². The first-order valence-electron chi connectivity index (χ1n) is 15.0. The number of carbonyl (C=O) groups is 2. The maximum absolute atomic E-state index is 12.4. The maximum atomic E-state index is 12.4. The number of benzene rings is 4. The first-order valence-corrected chi connectivity index (χ1v) is 20.0. The molecule has 0 aliphatic rings. The van der Waals surface area contributed by atoms with E-state index in [0.717, 1.165) is 24.7 Å². The van der Waals surface area contributed by atoms with Crippen LogP contribution >= 0.6 is 103 Å². The molecule has 0 saturated heterocycles. The smallest absolute Gasteiger partial charge is 0.184 e. The predicted octanol–water partition coefficient (Wildman–Crippen LogP) is 13.0. The molecule has 8 nitrogen and oxygen atoms in total. The van der Waals surface area contributed by atoms with Gasteiger partial charge in [-0.3, -0.25) is 9.59 Å². The van der Waals surface area contributed by atoms with Crippen LogP contribution in [-0.4, -0.2) is 36.0 Å². The Kier molecular flexibility index (Phi) is 16.8. The van der Waals surface area contributed by atoms with Gasteiger partial charge in [0.2, 0.25) is 0 Å². The lowest BCUT2D eigenvalue weighted by Gasteiger charge is -2.09. The van der Waals surface area contributed by atoms with E-state index in [2.05, 4.69) is 96.2 Å². The van der Waals surface area contributed by atoms with Gasteiger partial charge in [0.1, 0.15) is 32.2 Å². The Balaban J connectivity index is 0.000000192. The molecule has 6 rings (SSSR count). The summed E-state index contributed by atoms with van der Waals surface area (Å²) in [6.07, 6.45) is 8.70. The molecule has 2 aromatic heterocycles. The van der Waals surface area contributed by atoms with Crippen molar-refractivity contribution in [1.82, 2.24) is 19.1 Å². The quantitative estimate of drug-likeness (QED) is 0.0730. The lowest BCUT2D eigenvalue weighted by atomic mass is 10.1. The zero-order valence-electron chi connectivity index (χ0n) is 26.9. The summed E-state index contributed by atoms with van der Waals surface area (Å²) < 4.78 is 18.6. The fourth-order valence-corrected chi connectivity index (χ4v) is 6.24. The van der Waals surface area contributed by atoms with Crippen molar-refractivity contribution in [3.8, 4) is 23.0 Å². The minimum Gasteiger partial charge on any atom is -0.457 e. The molecule has 0 atom stereocenters. The lowest BCUT2D eigenvalue weighted by molar-refractivity contribution is 0.0970. The van der Waals surface area contributed by atoms with Crippen LogP contribution in [0.15, 0.2) is 141 Å². The zero-order valence-corrected chi connectivity index (χ0v) is 36.3. The summed E-state index contributed by atoms with van der Waals surface area (Å²) >= 11 is 28.7. The van der Waals surface area contributed by atoms with Gasteiger partial charge >= 0.3 is 0 Å². The summed E-state index contributed by atoms with van der Waals surface area (Å²) in [6.45, 7) is 4.58. The van der Waals surface area contributed by atoms with E-state index in [0.29, 0.717) is 44.2 Å². The number of hydrogen-bond acceptors (Lipinski definition) is 6. The van der Waals surface area contributed by atoms with E-state index in [1.165, 1.54) is 0 Å². The number of halogens is 7. The van der Waals surface area contributed by atoms with Crippen molar-refractivity contribution in [2.45, 2.75) is 13.1 Å². The Morgan fingerprint density at radius 1 is 0.731 bits per heavy atom. The highest BCUT2D eigenvalue weighted by atomic mass is 79.9. The minimum atomic E-state index is -0.103. The topological polar surface area (TPSA) is 88.2 Å². The van der Waals surface area contributed by atoms with Gasteiger partial charge in [-0.1, -0.05) is 77.1 Å². The van der Waals surface area contributed by atoms with Crippen molar-refractivity contribution in [2.24, 2.45) is 0 Å². The van der Waals surface area contributed by atoms with Crippen molar-refractivity contribution in [3.63, 3.8) is 0 Å². The third kappa shape index (κ3) is 13.1. The van der Waals surface area contributed by atoms with Crippen molar-refractivity contribution < 1.29 is 19.1 Å². The van der Waals surface area contributed by atoms with Crippen LogP contribution in [0, 0.1) is 0 Å². The second-order valence-corrected chi connectivity index (χ2v) is 15.2. The van der Waals surface area contributed by atoms with Gasteiger partial charge in [-0.2, -0.15) is 0 Å². The highest BCUT2D eigenvalue weighted by molar-refractivity contribution is 9.11. The first kappa shape index (κ1) is 41.7. The monoisotopic (exact) mass is 1060 g/mol. The van der Waals surface area contributed by atoms with E-state index in [1.54, 1.807) is 59.8 Å². The summed E-state index contributed by atoms with van der Waals surface area (Å²) in [7, 11) is 0. The SMILES string of the molecule is C=CCn1cnc(Br)c1.O=C(CBr)c1ccc(Oc2ccc(Br)cc2)cc1Cl.O=C(Cn1cncc1Br)c1ccc(Oc2ccc(Br)cc2)cc1Cl. The van der Waals surface area contributed by atoms with E-state index in [4.69, 9.17) is 32.7 Å². The molecule has 0 spiro atoms. The van der Waals surface area contributed by atoms with Crippen LogP contribution in [0.3, 0.4) is 0 Å². The largest absolute Gasteiger partial charge is 0.457 e. The Bertz CT molecular complexity index is 2120. The number of ether oxygens (including phenoxy) is 2. The summed E-state index contributed by atoms with van der Waals surface area (Å²) in [5.41, 5.74) is 0.933. The van der Waals surface area contributed by atoms with E-state index >= 15 is 0 Å². The lowest BCUT2D eigenvalue weighted by Crippen LogP contribution is -2.10. The Hall–Kier alpha value is -3.04. The number of nitrogens with zero attached hydrogens (tertiary/aromatic N) is 4. The Labute approximate surface area is 352 Å². The number of hydrogen-bond donors (Lipinski definition) is 0. The van der Waals surface area contributed by atoms with Crippen molar-refractivity contribution in [2.75, 3.05) is 5.33 Å². The van der Waals surface area contributed by atoms with Gasteiger partial charge in [0.25, 0.3) is 0 Å². The fraction of sp³-hybridized carbons (Fsp3) is 0.0811. The third-order valence-electron chi connectivity index (χ3n) is 6.62. The summed E-state index contributed by atoms with van der Waals surface area (Å²) in [4.78, 5) is 31.9. The highest BCUT2D eigenvalue weighted by Gasteiger charge is 2.14. The van der Waals surface area contributed by atoms with Crippen molar-refractivity contribution in [1.29, 1.82) is 0 Å². The zero-order chi connectivity index (χ0) is 37.6. The van der Waals surface area contributed by atoms with Crippen LogP contribution < -0.4 is 9.47 Å². The molecule has 0 aliphatic heterocycles. The second kappa shape index (κ2) is 21.0. The number of carbonyl (C=O) groups excluding carboxylic acids is 2. The minimum absolute atomic E-state index is 0.0554. The maximum Gasteiger partial charge on any atom is 0.184 e. The summed E-state index contributed by atoms with van der Waals surface area (Å²) in [5.74, 6) is 2.41. The summed E-state index contributed by atoms with van der Waals surface area (Å²) in [5, 5.41) is 0.990. The number of Topliss-reactive ketones (excluding diaryl/α,β-unsaturated/α-hetero) is 2. The normalized spacial score (nSPS) is 10.3. The number of rotatable bonds is 11. The van der Waals surface area contributed by atoms with Crippen LogP contribution in [0.1, 0.15) is 20.7 Å². The molecule has 0 amide bonds.